The highest BCUT2D eigenvalue weighted by Gasteiger charge is 2.51. The van der Waals surface area contributed by atoms with Gasteiger partial charge in [-0.3, -0.25) is 0 Å². The van der Waals surface area contributed by atoms with Crippen molar-refractivity contribution in [1.29, 1.82) is 0 Å². The maximum atomic E-state index is 6.45. The monoisotopic (exact) mass is 541 g/mol. The van der Waals surface area contributed by atoms with Gasteiger partial charge in [0.1, 0.15) is 0 Å². The standard InChI is InChI=1S/C36H65BO2/c1-7-9-11-13-15-17-19-21-23-25-27-32-29-33(28-26-24-22-20-18-16-14-12-10-8-2)31-34(30-32)37-38-35(3,4)36(5,6)39-37/h29-31H,7-28H2,1-6H3. The zero-order valence-electron chi connectivity index (χ0n) is 27.2. The molecule has 1 saturated heterocycles. The molecular formula is C36H65BO2. The first kappa shape index (κ1) is 34.4. The van der Waals surface area contributed by atoms with Gasteiger partial charge in [0.25, 0.3) is 0 Å². The van der Waals surface area contributed by atoms with Crippen LogP contribution >= 0.6 is 0 Å². The highest BCUT2D eigenvalue weighted by molar-refractivity contribution is 6.62. The maximum Gasteiger partial charge on any atom is 0.494 e. The predicted molar refractivity (Wildman–Crippen MR) is 173 cm³/mol. The number of rotatable bonds is 23. The molecule has 0 saturated carbocycles. The topological polar surface area (TPSA) is 18.5 Å². The van der Waals surface area contributed by atoms with E-state index >= 15 is 0 Å². The van der Waals surface area contributed by atoms with Crippen molar-refractivity contribution in [2.75, 3.05) is 0 Å². The Bertz CT molecular complexity index is 698. The van der Waals surface area contributed by atoms with Gasteiger partial charge in [-0.25, -0.2) is 0 Å². The number of hydrogen-bond donors (Lipinski definition) is 0. The summed E-state index contributed by atoms with van der Waals surface area (Å²) in [5.74, 6) is 0. The van der Waals surface area contributed by atoms with Gasteiger partial charge in [0.05, 0.1) is 11.2 Å². The lowest BCUT2D eigenvalue weighted by molar-refractivity contribution is 0.00578. The van der Waals surface area contributed by atoms with E-state index in [0.29, 0.717) is 0 Å². The van der Waals surface area contributed by atoms with Crippen molar-refractivity contribution in [2.45, 2.75) is 194 Å². The first-order valence-electron chi connectivity index (χ1n) is 17.3. The van der Waals surface area contributed by atoms with E-state index < -0.39 is 0 Å². The third kappa shape index (κ3) is 13.6. The van der Waals surface area contributed by atoms with Crippen LogP contribution < -0.4 is 5.46 Å². The van der Waals surface area contributed by atoms with E-state index in [2.05, 4.69) is 59.7 Å². The summed E-state index contributed by atoms with van der Waals surface area (Å²) in [5.41, 5.74) is 3.59. The Labute approximate surface area is 244 Å². The van der Waals surface area contributed by atoms with Crippen LogP contribution in [0.3, 0.4) is 0 Å². The minimum absolute atomic E-state index is 0.255. The molecular weight excluding hydrogens is 475 g/mol. The molecule has 0 unspecified atom stereocenters. The van der Waals surface area contributed by atoms with Gasteiger partial charge >= 0.3 is 7.12 Å². The predicted octanol–water partition coefficient (Wildman–Crippen LogP) is 10.9. The Balaban J connectivity index is 1.81. The second-order valence-corrected chi connectivity index (χ2v) is 13.5. The molecule has 0 amide bonds. The van der Waals surface area contributed by atoms with E-state index in [1.54, 1.807) is 0 Å². The fraction of sp³-hybridized carbons (Fsp3) is 0.833. The molecule has 0 spiro atoms. The number of unbranched alkanes of at least 4 members (excludes halogenated alkanes) is 18. The molecule has 1 aromatic carbocycles. The van der Waals surface area contributed by atoms with Crippen molar-refractivity contribution < 1.29 is 9.31 Å². The average Bonchev–Trinajstić information content (AvgIpc) is 3.12. The molecule has 3 heteroatoms. The van der Waals surface area contributed by atoms with Crippen LogP contribution in [0.2, 0.25) is 0 Å². The first-order valence-corrected chi connectivity index (χ1v) is 17.3. The van der Waals surface area contributed by atoms with E-state index in [1.807, 2.05) is 0 Å². The molecule has 1 aliphatic heterocycles. The fourth-order valence-electron chi connectivity index (χ4n) is 5.83. The molecule has 2 nitrogen and oxygen atoms in total. The van der Waals surface area contributed by atoms with Crippen LogP contribution in [0.4, 0.5) is 0 Å². The summed E-state index contributed by atoms with van der Waals surface area (Å²) in [4.78, 5) is 0. The zero-order chi connectivity index (χ0) is 28.4. The summed E-state index contributed by atoms with van der Waals surface area (Å²) in [5, 5.41) is 0. The minimum Gasteiger partial charge on any atom is -0.399 e. The van der Waals surface area contributed by atoms with Gasteiger partial charge in [0.15, 0.2) is 0 Å². The molecule has 1 aromatic rings. The lowest BCUT2D eigenvalue weighted by Crippen LogP contribution is -2.41. The fourth-order valence-corrected chi connectivity index (χ4v) is 5.83. The zero-order valence-corrected chi connectivity index (χ0v) is 27.2. The number of hydrogen-bond acceptors (Lipinski definition) is 2. The Kier molecular flexibility index (Phi) is 17.1. The van der Waals surface area contributed by atoms with Crippen molar-refractivity contribution in [3.63, 3.8) is 0 Å². The normalized spacial score (nSPS) is 16.3. The molecule has 224 valence electrons. The van der Waals surface area contributed by atoms with E-state index in [4.69, 9.17) is 9.31 Å². The van der Waals surface area contributed by atoms with E-state index in [9.17, 15) is 0 Å². The molecule has 0 atom stereocenters. The quantitative estimate of drug-likeness (QED) is 0.101. The van der Waals surface area contributed by atoms with Crippen LogP contribution in [0.5, 0.6) is 0 Å². The maximum absolute atomic E-state index is 6.45. The minimum atomic E-state index is -0.291. The van der Waals surface area contributed by atoms with Gasteiger partial charge in [-0.05, 0) is 70.0 Å². The highest BCUT2D eigenvalue weighted by Crippen LogP contribution is 2.36. The van der Waals surface area contributed by atoms with Gasteiger partial charge in [-0.2, -0.15) is 0 Å². The molecule has 0 aromatic heterocycles. The van der Waals surface area contributed by atoms with Crippen LogP contribution in [0.1, 0.15) is 181 Å². The molecule has 2 rings (SSSR count). The Hall–Kier alpha value is -0.795. The molecule has 0 N–H and O–H groups in total. The summed E-state index contributed by atoms with van der Waals surface area (Å²) in [7, 11) is -0.255. The van der Waals surface area contributed by atoms with Crippen molar-refractivity contribution in [2.24, 2.45) is 0 Å². The van der Waals surface area contributed by atoms with Gasteiger partial charge < -0.3 is 9.31 Å². The molecule has 0 radical (unpaired) electrons. The lowest BCUT2D eigenvalue weighted by atomic mass is 9.76. The summed E-state index contributed by atoms with van der Waals surface area (Å²) in [6, 6.07) is 7.23. The van der Waals surface area contributed by atoms with Gasteiger partial charge in [0.2, 0.25) is 0 Å². The second-order valence-electron chi connectivity index (χ2n) is 13.5. The van der Waals surface area contributed by atoms with Crippen molar-refractivity contribution >= 4 is 12.6 Å². The van der Waals surface area contributed by atoms with E-state index in [0.717, 1.165) is 0 Å². The van der Waals surface area contributed by atoms with Crippen LogP contribution in [0, 0.1) is 0 Å². The molecule has 0 aliphatic carbocycles. The van der Waals surface area contributed by atoms with Crippen LogP contribution in [0.25, 0.3) is 0 Å². The SMILES string of the molecule is CCCCCCCCCCCCc1cc(CCCCCCCCCCCC)cc(B2OC(C)(C)C(C)(C)O2)c1. The van der Waals surface area contributed by atoms with Crippen molar-refractivity contribution in [3.8, 4) is 0 Å². The molecule has 1 heterocycles. The lowest BCUT2D eigenvalue weighted by Gasteiger charge is -2.32. The van der Waals surface area contributed by atoms with E-state index in [1.165, 1.54) is 158 Å². The Morgan fingerprint density at radius 2 is 0.769 bits per heavy atom. The van der Waals surface area contributed by atoms with Crippen molar-refractivity contribution in [3.05, 3.63) is 29.3 Å². The summed E-state index contributed by atoms with van der Waals surface area (Å²) < 4.78 is 12.9. The average molecular weight is 541 g/mol. The summed E-state index contributed by atoms with van der Waals surface area (Å²) in [6.07, 6.45) is 30.1. The Morgan fingerprint density at radius 3 is 1.10 bits per heavy atom. The third-order valence-corrected chi connectivity index (χ3v) is 9.24. The second kappa shape index (κ2) is 19.3. The van der Waals surface area contributed by atoms with Crippen LogP contribution in [-0.4, -0.2) is 18.3 Å². The largest absolute Gasteiger partial charge is 0.494 e. The summed E-state index contributed by atoms with van der Waals surface area (Å²) >= 11 is 0. The Morgan fingerprint density at radius 1 is 0.462 bits per heavy atom. The van der Waals surface area contributed by atoms with Gasteiger partial charge in [0, 0.05) is 0 Å². The summed E-state index contributed by atoms with van der Waals surface area (Å²) in [6.45, 7) is 13.2. The van der Waals surface area contributed by atoms with Crippen LogP contribution in [0.15, 0.2) is 18.2 Å². The number of aryl methyl sites for hydroxylation is 2. The molecule has 1 fully saturated rings. The van der Waals surface area contributed by atoms with Gasteiger partial charge in [-0.15, -0.1) is 0 Å². The van der Waals surface area contributed by atoms with E-state index in [-0.39, 0.29) is 18.3 Å². The molecule has 39 heavy (non-hydrogen) atoms. The van der Waals surface area contributed by atoms with Gasteiger partial charge in [-0.1, -0.05) is 148 Å². The van der Waals surface area contributed by atoms with Crippen molar-refractivity contribution in [1.82, 2.24) is 0 Å². The first-order chi connectivity index (χ1) is 18.8. The van der Waals surface area contributed by atoms with Crippen LogP contribution in [-0.2, 0) is 22.2 Å². The third-order valence-electron chi connectivity index (χ3n) is 9.24. The smallest absolute Gasteiger partial charge is 0.399 e. The molecule has 0 bridgehead atoms. The highest BCUT2D eigenvalue weighted by atomic mass is 16.7. The number of benzene rings is 1. The molecule has 1 aliphatic rings.